The molecular weight excluding hydrogens is 465 g/mol. The minimum Gasteiger partial charge on any atom is -0.494 e. The van der Waals surface area contributed by atoms with Crippen LogP contribution in [0.5, 0.6) is 5.75 Å². The molecule has 1 heterocycles. The van der Waals surface area contributed by atoms with Crippen molar-refractivity contribution in [3.05, 3.63) is 93.9 Å². The molecule has 0 spiro atoms. The summed E-state index contributed by atoms with van der Waals surface area (Å²) in [6.07, 6.45) is 0. The molecule has 0 aliphatic carbocycles. The Hall–Kier alpha value is -3.45. The monoisotopic (exact) mass is 481 g/mol. The number of ether oxygens (including phenoxy) is 1. The van der Waals surface area contributed by atoms with E-state index in [0.29, 0.717) is 22.2 Å². The summed E-state index contributed by atoms with van der Waals surface area (Å²) in [4.78, 5) is 25.7. The zero-order valence-electron chi connectivity index (χ0n) is 16.4. The zero-order chi connectivity index (χ0) is 22.0. The molecule has 0 fully saturated rings. The number of furan rings is 1. The van der Waals surface area contributed by atoms with Gasteiger partial charge in [-0.1, -0.05) is 28.1 Å². The Balaban J connectivity index is 1.64. The summed E-state index contributed by atoms with van der Waals surface area (Å²) in [6.45, 7) is -0.143. The Morgan fingerprint density at radius 1 is 1.03 bits per heavy atom. The average molecular weight is 482 g/mol. The fraction of sp³-hybridized carbons (Fsp3) is 0.0833. The minimum atomic E-state index is -0.617. The Labute approximate surface area is 186 Å². The zero-order valence-corrected chi connectivity index (χ0v) is 18.0. The Kier molecular flexibility index (Phi) is 5.86. The number of para-hydroxylation sites is 1. The minimum absolute atomic E-state index is 0.0627. The van der Waals surface area contributed by atoms with Crippen LogP contribution in [0.2, 0.25) is 0 Å². The Morgan fingerprint density at radius 3 is 2.45 bits per heavy atom. The molecule has 31 heavy (non-hydrogen) atoms. The molecule has 0 saturated carbocycles. The van der Waals surface area contributed by atoms with Gasteiger partial charge in [-0.15, -0.1) is 0 Å². The van der Waals surface area contributed by atoms with Crippen molar-refractivity contribution in [3.8, 4) is 5.75 Å². The summed E-state index contributed by atoms with van der Waals surface area (Å²) in [5.74, 6) is -1.10. The highest BCUT2D eigenvalue weighted by Crippen LogP contribution is 2.32. The van der Waals surface area contributed by atoms with Gasteiger partial charge in [0.2, 0.25) is 5.78 Å². The third-order valence-corrected chi connectivity index (χ3v) is 5.34. The highest BCUT2D eigenvalue weighted by atomic mass is 79.9. The van der Waals surface area contributed by atoms with Crippen LogP contribution in [0.4, 0.5) is 10.1 Å². The van der Waals surface area contributed by atoms with Crippen LogP contribution in [0.25, 0.3) is 11.0 Å². The first-order valence-electron chi connectivity index (χ1n) is 9.40. The number of halogens is 2. The quantitative estimate of drug-likeness (QED) is 0.334. The van der Waals surface area contributed by atoms with E-state index in [1.54, 1.807) is 42.5 Å². The maximum atomic E-state index is 14.0. The lowest BCUT2D eigenvalue weighted by atomic mass is 10.1. The number of hydrogen-bond acceptors (Lipinski definition) is 5. The molecule has 5 nitrogen and oxygen atoms in total. The van der Waals surface area contributed by atoms with E-state index in [2.05, 4.69) is 21.2 Å². The van der Waals surface area contributed by atoms with Gasteiger partial charge < -0.3 is 14.5 Å². The number of benzene rings is 3. The van der Waals surface area contributed by atoms with Gasteiger partial charge in [0.1, 0.15) is 5.58 Å². The number of carbonyl (C=O) groups is 2. The van der Waals surface area contributed by atoms with E-state index in [4.69, 9.17) is 9.15 Å². The van der Waals surface area contributed by atoms with Crippen molar-refractivity contribution in [3.63, 3.8) is 0 Å². The van der Waals surface area contributed by atoms with Crippen molar-refractivity contribution in [2.24, 2.45) is 0 Å². The number of ketones is 2. The molecule has 3 aromatic carbocycles. The van der Waals surface area contributed by atoms with Gasteiger partial charge in [0.25, 0.3) is 0 Å². The van der Waals surface area contributed by atoms with Crippen LogP contribution in [0, 0.1) is 5.82 Å². The lowest BCUT2D eigenvalue weighted by molar-refractivity contribution is 0.0997. The Morgan fingerprint density at radius 2 is 1.74 bits per heavy atom. The number of carbonyl (C=O) groups excluding carboxylic acids is 2. The molecule has 0 unspecified atom stereocenters. The van der Waals surface area contributed by atoms with E-state index < -0.39 is 5.82 Å². The molecule has 1 aromatic heterocycles. The van der Waals surface area contributed by atoms with E-state index in [-0.39, 0.29) is 35.2 Å². The topological polar surface area (TPSA) is 68.5 Å². The first kappa shape index (κ1) is 20.8. The van der Waals surface area contributed by atoms with Crippen molar-refractivity contribution in [1.82, 2.24) is 0 Å². The number of fused-ring (bicyclic) bond motifs is 1. The van der Waals surface area contributed by atoms with Gasteiger partial charge in [0, 0.05) is 21.0 Å². The van der Waals surface area contributed by atoms with Crippen LogP contribution in [-0.4, -0.2) is 25.2 Å². The molecule has 7 heteroatoms. The molecule has 0 atom stereocenters. The fourth-order valence-corrected chi connectivity index (χ4v) is 3.49. The van der Waals surface area contributed by atoms with Crippen molar-refractivity contribution >= 4 is 44.2 Å². The van der Waals surface area contributed by atoms with Gasteiger partial charge in [-0.05, 0) is 54.6 Å². The lowest BCUT2D eigenvalue weighted by Crippen LogP contribution is -2.16. The molecule has 4 aromatic rings. The molecule has 0 amide bonds. The second-order valence-electron chi connectivity index (χ2n) is 6.76. The summed E-state index contributed by atoms with van der Waals surface area (Å²) < 4.78 is 25.5. The van der Waals surface area contributed by atoms with Gasteiger partial charge in [-0.25, -0.2) is 4.39 Å². The standard InChI is InChI=1S/C24H17BrFNO4/c1-30-21-11-8-15(12-18(21)26)19(28)13-27-22-17-4-2-3-5-20(17)31-24(22)23(29)14-6-9-16(25)10-7-14/h2-12,27H,13H2,1H3. The molecule has 0 radical (unpaired) electrons. The van der Waals surface area contributed by atoms with Crippen LogP contribution in [0.1, 0.15) is 26.5 Å². The first-order valence-corrected chi connectivity index (χ1v) is 10.2. The predicted octanol–water partition coefficient (Wildman–Crippen LogP) is 5.87. The second kappa shape index (κ2) is 8.73. The predicted molar refractivity (Wildman–Crippen MR) is 120 cm³/mol. The third-order valence-electron chi connectivity index (χ3n) is 4.81. The fourth-order valence-electron chi connectivity index (χ4n) is 3.22. The van der Waals surface area contributed by atoms with Crippen LogP contribution in [0.15, 0.2) is 75.6 Å². The van der Waals surface area contributed by atoms with Crippen LogP contribution >= 0.6 is 15.9 Å². The summed E-state index contributed by atoms with van der Waals surface area (Å²) >= 11 is 3.35. The molecule has 156 valence electrons. The second-order valence-corrected chi connectivity index (χ2v) is 7.68. The van der Waals surface area contributed by atoms with Crippen LogP contribution < -0.4 is 10.1 Å². The molecule has 1 N–H and O–H groups in total. The summed E-state index contributed by atoms with van der Waals surface area (Å²) in [6, 6.07) is 18.1. The highest BCUT2D eigenvalue weighted by Gasteiger charge is 2.22. The summed E-state index contributed by atoms with van der Waals surface area (Å²) in [5, 5.41) is 3.70. The third kappa shape index (κ3) is 4.22. The number of anilines is 1. The number of nitrogens with one attached hydrogen (secondary N) is 1. The van der Waals surface area contributed by atoms with E-state index >= 15 is 0 Å². The normalized spacial score (nSPS) is 10.8. The first-order chi connectivity index (χ1) is 15.0. The largest absolute Gasteiger partial charge is 0.494 e. The Bertz CT molecular complexity index is 1280. The molecule has 0 aliphatic rings. The van der Waals surface area contributed by atoms with E-state index in [1.165, 1.54) is 19.2 Å². The van der Waals surface area contributed by atoms with Gasteiger partial charge in [-0.3, -0.25) is 9.59 Å². The van der Waals surface area contributed by atoms with Gasteiger partial charge >= 0.3 is 0 Å². The van der Waals surface area contributed by atoms with Gasteiger partial charge in [0.15, 0.2) is 23.1 Å². The SMILES string of the molecule is COc1ccc(C(=O)CNc2c(C(=O)c3ccc(Br)cc3)oc3ccccc23)cc1F. The molecular formula is C24H17BrFNO4. The summed E-state index contributed by atoms with van der Waals surface area (Å²) in [5.41, 5.74) is 1.59. The van der Waals surface area contributed by atoms with E-state index in [9.17, 15) is 14.0 Å². The number of Topliss-reactive ketones (excluding diaryl/α,β-unsaturated/α-hetero) is 1. The summed E-state index contributed by atoms with van der Waals surface area (Å²) in [7, 11) is 1.36. The lowest BCUT2D eigenvalue weighted by Gasteiger charge is -2.08. The van der Waals surface area contributed by atoms with E-state index in [1.807, 2.05) is 6.07 Å². The van der Waals surface area contributed by atoms with Crippen molar-refractivity contribution in [2.45, 2.75) is 0 Å². The van der Waals surface area contributed by atoms with Crippen molar-refractivity contribution in [2.75, 3.05) is 19.0 Å². The molecule has 0 saturated heterocycles. The van der Waals surface area contributed by atoms with Crippen LogP contribution in [0.3, 0.4) is 0 Å². The molecule has 0 aliphatic heterocycles. The highest BCUT2D eigenvalue weighted by molar-refractivity contribution is 9.10. The van der Waals surface area contributed by atoms with Crippen LogP contribution in [-0.2, 0) is 0 Å². The van der Waals surface area contributed by atoms with Gasteiger partial charge in [0.05, 0.1) is 19.3 Å². The smallest absolute Gasteiger partial charge is 0.230 e. The molecule has 0 bridgehead atoms. The number of rotatable bonds is 7. The van der Waals surface area contributed by atoms with Gasteiger partial charge in [-0.2, -0.15) is 0 Å². The maximum absolute atomic E-state index is 14.0. The van der Waals surface area contributed by atoms with Crippen molar-refractivity contribution in [1.29, 1.82) is 0 Å². The maximum Gasteiger partial charge on any atom is 0.230 e. The van der Waals surface area contributed by atoms with E-state index in [0.717, 1.165) is 10.5 Å². The number of methoxy groups -OCH3 is 1. The number of hydrogen-bond donors (Lipinski definition) is 1. The molecule has 4 rings (SSSR count). The van der Waals surface area contributed by atoms with Crippen molar-refractivity contribution < 1.29 is 23.1 Å². The average Bonchev–Trinajstić information content (AvgIpc) is 3.16.